The van der Waals surface area contributed by atoms with E-state index < -0.39 is 96.1 Å². The number of likely N-dealkylation sites (N-methyl/N-ethyl adjacent to an activating group) is 1. The number of hydrogen-bond donors (Lipinski definition) is 2. The predicted molar refractivity (Wildman–Crippen MR) is 101 cm³/mol. The maximum atomic E-state index is 14.1. The van der Waals surface area contributed by atoms with E-state index in [0.29, 0.717) is 0 Å². The van der Waals surface area contributed by atoms with Gasteiger partial charge in [0.2, 0.25) is 10.0 Å². The molecule has 38 heavy (non-hydrogen) atoms. The average Bonchev–Trinajstić information content (AvgIpc) is 2.65. The summed E-state index contributed by atoms with van der Waals surface area (Å²) < 4.78 is 208. The van der Waals surface area contributed by atoms with Crippen LogP contribution in [0.15, 0.2) is 0 Å². The maximum absolute atomic E-state index is 14.1. The highest BCUT2D eigenvalue weighted by Crippen LogP contribution is 2.54. The van der Waals surface area contributed by atoms with Crippen molar-refractivity contribution >= 4 is 16.0 Å². The molecule has 0 heterocycles. The number of nitrogens with one attached hydrogen (secondary N) is 1. The minimum absolute atomic E-state index is 0.0689. The maximum Gasteiger partial charge on any atom is 0.431 e. The van der Waals surface area contributed by atoms with Crippen molar-refractivity contribution in [2.45, 2.75) is 61.7 Å². The van der Waals surface area contributed by atoms with Crippen LogP contribution in [0.5, 0.6) is 0 Å². The van der Waals surface area contributed by atoms with Crippen LogP contribution >= 0.6 is 0 Å². The molecule has 0 atom stereocenters. The van der Waals surface area contributed by atoms with Crippen LogP contribution in [-0.2, 0) is 14.8 Å². The van der Waals surface area contributed by atoms with Gasteiger partial charge in [0, 0.05) is 19.4 Å². The zero-order chi connectivity index (χ0) is 30.6. The van der Waals surface area contributed by atoms with Crippen molar-refractivity contribution in [2.75, 3.05) is 32.4 Å². The molecule has 0 spiro atoms. The Kier molecular flexibility index (Phi) is 11.7. The van der Waals surface area contributed by atoms with E-state index in [-0.39, 0.29) is 13.0 Å². The van der Waals surface area contributed by atoms with E-state index in [1.807, 2.05) is 0 Å². The van der Waals surface area contributed by atoms with Gasteiger partial charge in [-0.05, 0) is 32.4 Å². The van der Waals surface area contributed by atoms with Crippen LogP contribution in [-0.4, -0.2) is 92.9 Å². The van der Waals surface area contributed by atoms with E-state index in [0.717, 1.165) is 0 Å². The second-order valence-electron chi connectivity index (χ2n) is 8.35. The van der Waals surface area contributed by atoms with Crippen LogP contribution in [0.4, 0.5) is 61.5 Å². The molecule has 0 aliphatic carbocycles. The molecule has 0 unspecified atom stereocenters. The molecule has 6 nitrogen and oxygen atoms in total. The van der Waals surface area contributed by atoms with E-state index in [2.05, 4.69) is 0 Å². The SMILES string of the molecule is CN(CCCNS(=O)(=O)CCC(CC(F)(C(F)(F)F)C(F)(F)F)CC(F)(C(F)(F)F)C(F)(F)F)CC(=O)O. The third-order valence-electron chi connectivity index (χ3n) is 5.18. The van der Waals surface area contributed by atoms with Gasteiger partial charge in [0.1, 0.15) is 0 Å². The van der Waals surface area contributed by atoms with Crippen LogP contribution in [0.1, 0.15) is 25.7 Å². The standard InChI is InChI=1S/C17H22F14N2O4S/c1-33(9-11(34)35)5-2-4-32-38(36,37)6-3-10(7-12(18,14(20,21)22)15(23,24)25)8-13(19,16(26,27)28)17(29,30)31/h10,32H,2-9H2,1H3,(H,34,35). The Morgan fingerprint density at radius 3 is 1.47 bits per heavy atom. The Balaban J connectivity index is 5.95. The van der Waals surface area contributed by atoms with Gasteiger partial charge in [0.05, 0.1) is 12.3 Å². The second-order valence-corrected chi connectivity index (χ2v) is 10.3. The number of halogens is 14. The topological polar surface area (TPSA) is 86.7 Å². The van der Waals surface area contributed by atoms with Gasteiger partial charge in [0.15, 0.2) is 0 Å². The fourth-order valence-electron chi connectivity index (χ4n) is 3.14. The van der Waals surface area contributed by atoms with Gasteiger partial charge in [-0.3, -0.25) is 9.69 Å². The Labute approximate surface area is 206 Å². The van der Waals surface area contributed by atoms with E-state index >= 15 is 0 Å². The monoisotopic (exact) mass is 616 g/mol. The fourth-order valence-corrected chi connectivity index (χ4v) is 4.38. The van der Waals surface area contributed by atoms with Crippen molar-refractivity contribution in [2.24, 2.45) is 5.92 Å². The van der Waals surface area contributed by atoms with Gasteiger partial charge in [0.25, 0.3) is 11.3 Å². The summed E-state index contributed by atoms with van der Waals surface area (Å²) in [4.78, 5) is 11.7. The molecule has 0 saturated carbocycles. The average molecular weight is 616 g/mol. The second kappa shape index (κ2) is 12.3. The Bertz CT molecular complexity index is 815. The fraction of sp³-hybridized carbons (Fsp3) is 0.941. The molecule has 0 aromatic carbocycles. The number of alkyl halides is 14. The summed E-state index contributed by atoms with van der Waals surface area (Å²) in [7, 11) is -3.51. The number of carboxylic acid groups (broad SMARTS) is 1. The van der Waals surface area contributed by atoms with Crippen LogP contribution in [0.3, 0.4) is 0 Å². The third-order valence-corrected chi connectivity index (χ3v) is 6.59. The third kappa shape index (κ3) is 9.83. The van der Waals surface area contributed by atoms with Crippen molar-refractivity contribution in [1.29, 1.82) is 0 Å². The minimum Gasteiger partial charge on any atom is -0.480 e. The molecule has 0 fully saturated rings. The highest BCUT2D eigenvalue weighted by atomic mass is 32.2. The molecule has 0 aliphatic heterocycles. The van der Waals surface area contributed by atoms with Crippen LogP contribution in [0, 0.1) is 5.92 Å². The van der Waals surface area contributed by atoms with Gasteiger partial charge in [-0.25, -0.2) is 21.9 Å². The summed E-state index contributed by atoms with van der Waals surface area (Å²) in [6.07, 6.45) is -36.0. The molecular weight excluding hydrogens is 594 g/mol. The van der Waals surface area contributed by atoms with Crippen molar-refractivity contribution in [1.82, 2.24) is 9.62 Å². The first-order chi connectivity index (χ1) is 16.6. The number of hydrogen-bond acceptors (Lipinski definition) is 4. The van der Waals surface area contributed by atoms with Crippen molar-refractivity contribution in [3.63, 3.8) is 0 Å². The quantitative estimate of drug-likeness (QED) is 0.217. The molecule has 0 amide bonds. The van der Waals surface area contributed by atoms with Crippen molar-refractivity contribution < 1.29 is 79.8 Å². The van der Waals surface area contributed by atoms with Gasteiger partial charge in [-0.2, -0.15) is 52.7 Å². The number of rotatable bonds is 14. The molecule has 21 heteroatoms. The van der Waals surface area contributed by atoms with Gasteiger partial charge in [-0.15, -0.1) is 0 Å². The summed E-state index contributed by atoms with van der Waals surface area (Å²) >= 11 is 0. The molecular formula is C17H22F14N2O4S. The van der Waals surface area contributed by atoms with Crippen LogP contribution in [0.2, 0.25) is 0 Å². The predicted octanol–water partition coefficient (Wildman–Crippen LogP) is 4.76. The summed E-state index contributed by atoms with van der Waals surface area (Å²) in [5.74, 6) is -6.34. The molecule has 228 valence electrons. The minimum atomic E-state index is -6.92. The normalized spacial score (nSPS) is 15.0. The molecule has 0 rings (SSSR count). The van der Waals surface area contributed by atoms with Gasteiger partial charge < -0.3 is 5.11 Å². The van der Waals surface area contributed by atoms with Gasteiger partial charge >= 0.3 is 30.7 Å². The van der Waals surface area contributed by atoms with Crippen molar-refractivity contribution in [3.05, 3.63) is 0 Å². The first-order valence-electron chi connectivity index (χ1n) is 10.1. The van der Waals surface area contributed by atoms with E-state index in [4.69, 9.17) is 5.11 Å². The van der Waals surface area contributed by atoms with Crippen LogP contribution < -0.4 is 4.72 Å². The lowest BCUT2D eigenvalue weighted by atomic mass is 9.81. The lowest BCUT2D eigenvalue weighted by molar-refractivity contribution is -0.356. The highest BCUT2D eigenvalue weighted by molar-refractivity contribution is 7.89. The largest absolute Gasteiger partial charge is 0.480 e. The smallest absolute Gasteiger partial charge is 0.431 e. The molecule has 0 radical (unpaired) electrons. The number of sulfonamides is 1. The van der Waals surface area contributed by atoms with E-state index in [9.17, 15) is 74.7 Å². The molecule has 0 aromatic rings. The summed E-state index contributed by atoms with van der Waals surface area (Å²) in [5, 5.41) is 8.57. The summed E-state index contributed by atoms with van der Waals surface area (Å²) in [6, 6.07) is 0. The highest BCUT2D eigenvalue weighted by Gasteiger charge is 2.75. The Hall–Kier alpha value is -1.64. The molecule has 0 aromatic heterocycles. The summed E-state index contributed by atoms with van der Waals surface area (Å²) in [5.41, 5.74) is -12.8. The van der Waals surface area contributed by atoms with E-state index in [1.165, 1.54) is 11.9 Å². The Morgan fingerprint density at radius 2 is 1.16 bits per heavy atom. The lowest BCUT2D eigenvalue weighted by Crippen LogP contribution is -2.57. The van der Waals surface area contributed by atoms with E-state index in [1.54, 1.807) is 4.72 Å². The molecule has 0 aliphatic rings. The number of carboxylic acids is 1. The first kappa shape index (κ1) is 36.4. The number of nitrogens with zero attached hydrogens (tertiary/aromatic N) is 1. The zero-order valence-electron chi connectivity index (χ0n) is 19.1. The zero-order valence-corrected chi connectivity index (χ0v) is 19.9. The Morgan fingerprint density at radius 1 is 0.789 bits per heavy atom. The van der Waals surface area contributed by atoms with Crippen molar-refractivity contribution in [3.8, 4) is 0 Å². The van der Waals surface area contributed by atoms with Crippen LogP contribution in [0.25, 0.3) is 0 Å². The lowest BCUT2D eigenvalue weighted by Gasteiger charge is -2.37. The first-order valence-corrected chi connectivity index (χ1v) is 11.8. The summed E-state index contributed by atoms with van der Waals surface area (Å²) in [6.45, 7) is -1.10. The number of aliphatic carboxylic acids is 1. The molecule has 2 N–H and O–H groups in total. The molecule has 0 bridgehead atoms. The number of carbonyl (C=O) groups is 1. The van der Waals surface area contributed by atoms with Gasteiger partial charge in [-0.1, -0.05) is 0 Å². The molecule has 0 saturated heterocycles.